The maximum absolute atomic E-state index is 13.0. The van der Waals surface area contributed by atoms with E-state index in [4.69, 9.17) is 21.6 Å². The maximum atomic E-state index is 13.0. The highest BCUT2D eigenvalue weighted by Gasteiger charge is 2.26. The molecule has 1 saturated heterocycles. The van der Waals surface area contributed by atoms with E-state index < -0.39 is 0 Å². The Kier molecular flexibility index (Phi) is 7.52. The number of carbonyl (C=O) groups excluding carboxylic acids is 1. The molecule has 0 atom stereocenters. The van der Waals surface area contributed by atoms with Crippen molar-refractivity contribution in [3.05, 3.63) is 87.3 Å². The summed E-state index contributed by atoms with van der Waals surface area (Å²) in [6, 6.07) is 15.9. The number of carbonyl (C=O) groups is 1. The summed E-state index contributed by atoms with van der Waals surface area (Å²) >= 11 is 6.27. The van der Waals surface area contributed by atoms with Gasteiger partial charge in [0.2, 0.25) is 0 Å². The van der Waals surface area contributed by atoms with E-state index in [9.17, 15) is 4.79 Å². The van der Waals surface area contributed by atoms with Crippen LogP contribution in [0.15, 0.2) is 48.5 Å². The van der Waals surface area contributed by atoms with Crippen molar-refractivity contribution < 1.29 is 4.79 Å². The van der Waals surface area contributed by atoms with E-state index in [1.54, 1.807) is 12.1 Å². The smallest absolute Gasteiger partial charge is 0.255 e. The number of anilines is 1. The second-order valence-corrected chi connectivity index (χ2v) is 9.96. The van der Waals surface area contributed by atoms with Gasteiger partial charge in [-0.25, -0.2) is 9.97 Å². The van der Waals surface area contributed by atoms with Gasteiger partial charge in [0.05, 0.1) is 10.6 Å². The summed E-state index contributed by atoms with van der Waals surface area (Å²) in [6.07, 6.45) is 1.65. The first-order valence-electron chi connectivity index (χ1n) is 12.0. The molecule has 0 radical (unpaired) electrons. The van der Waals surface area contributed by atoms with Crippen molar-refractivity contribution in [2.24, 2.45) is 5.92 Å². The lowest BCUT2D eigenvalue weighted by atomic mass is 10.0. The van der Waals surface area contributed by atoms with Crippen molar-refractivity contribution in [2.45, 2.75) is 40.5 Å². The van der Waals surface area contributed by atoms with Gasteiger partial charge in [-0.2, -0.15) is 0 Å². The van der Waals surface area contributed by atoms with E-state index in [-0.39, 0.29) is 5.91 Å². The summed E-state index contributed by atoms with van der Waals surface area (Å²) in [6.45, 7) is 11.3. The third kappa shape index (κ3) is 5.58. The Bertz CT molecular complexity index is 1170. The maximum Gasteiger partial charge on any atom is 0.255 e. The average Bonchev–Trinajstić information content (AvgIpc) is 2.80. The molecule has 1 aromatic heterocycles. The van der Waals surface area contributed by atoms with Crippen LogP contribution in [0.25, 0.3) is 0 Å². The molecule has 0 N–H and O–H groups in total. The lowest BCUT2D eigenvalue weighted by Crippen LogP contribution is -2.49. The number of halogens is 1. The molecule has 0 saturated carbocycles. The molecule has 1 aliphatic heterocycles. The number of piperazine rings is 1. The number of rotatable bonds is 6. The Morgan fingerprint density at radius 3 is 2.41 bits per heavy atom. The van der Waals surface area contributed by atoms with Gasteiger partial charge in [0.1, 0.15) is 11.6 Å². The van der Waals surface area contributed by atoms with Crippen LogP contribution in [0.1, 0.15) is 52.4 Å². The van der Waals surface area contributed by atoms with Crippen molar-refractivity contribution >= 4 is 23.3 Å². The van der Waals surface area contributed by atoms with Crippen LogP contribution in [0.3, 0.4) is 0 Å². The van der Waals surface area contributed by atoms with Gasteiger partial charge in [0.15, 0.2) is 0 Å². The van der Waals surface area contributed by atoms with Crippen LogP contribution in [0.2, 0.25) is 5.02 Å². The fourth-order valence-electron chi connectivity index (χ4n) is 4.52. The first kappa shape index (κ1) is 24.2. The molecular formula is C28H33ClN4O. The van der Waals surface area contributed by atoms with Crippen LogP contribution in [0.5, 0.6) is 0 Å². The second kappa shape index (κ2) is 10.6. The summed E-state index contributed by atoms with van der Waals surface area (Å²) in [7, 11) is 0. The summed E-state index contributed by atoms with van der Waals surface area (Å²) in [5.74, 6) is 2.38. The molecule has 34 heavy (non-hydrogen) atoms. The van der Waals surface area contributed by atoms with E-state index in [0.717, 1.165) is 43.3 Å². The van der Waals surface area contributed by atoms with Crippen molar-refractivity contribution in [3.63, 3.8) is 0 Å². The quantitative estimate of drug-likeness (QED) is 0.471. The van der Waals surface area contributed by atoms with Crippen LogP contribution in [-0.2, 0) is 12.8 Å². The van der Waals surface area contributed by atoms with E-state index in [0.29, 0.717) is 29.6 Å². The molecule has 0 aliphatic carbocycles. The minimum atomic E-state index is -0.00963. The van der Waals surface area contributed by atoms with Crippen molar-refractivity contribution in [1.29, 1.82) is 0 Å². The summed E-state index contributed by atoms with van der Waals surface area (Å²) < 4.78 is 0. The third-order valence-corrected chi connectivity index (χ3v) is 6.59. The average molecular weight is 477 g/mol. The van der Waals surface area contributed by atoms with Crippen LogP contribution in [-0.4, -0.2) is 47.0 Å². The van der Waals surface area contributed by atoms with Crippen LogP contribution >= 0.6 is 11.6 Å². The minimum absolute atomic E-state index is 0.00963. The molecule has 3 aromatic rings. The molecule has 1 aliphatic rings. The Morgan fingerprint density at radius 1 is 1.00 bits per heavy atom. The topological polar surface area (TPSA) is 49.3 Å². The summed E-state index contributed by atoms with van der Waals surface area (Å²) in [4.78, 5) is 27.2. The fourth-order valence-corrected chi connectivity index (χ4v) is 4.73. The minimum Gasteiger partial charge on any atom is -0.353 e. The zero-order valence-electron chi connectivity index (χ0n) is 20.5. The van der Waals surface area contributed by atoms with Gasteiger partial charge in [0.25, 0.3) is 5.91 Å². The van der Waals surface area contributed by atoms with Crippen molar-refractivity contribution in [2.75, 3.05) is 31.1 Å². The molecular weight excluding hydrogens is 444 g/mol. The highest BCUT2D eigenvalue weighted by atomic mass is 35.5. The molecule has 1 fully saturated rings. The Hall–Kier alpha value is -2.92. The number of hydrogen-bond acceptors (Lipinski definition) is 4. The van der Waals surface area contributed by atoms with E-state index >= 15 is 0 Å². The lowest BCUT2D eigenvalue weighted by molar-refractivity contribution is 0.0746. The van der Waals surface area contributed by atoms with Crippen LogP contribution < -0.4 is 4.90 Å². The zero-order valence-corrected chi connectivity index (χ0v) is 21.3. The second-order valence-electron chi connectivity index (χ2n) is 9.55. The molecule has 2 heterocycles. The molecule has 178 valence electrons. The standard InChI is InChI=1S/C28H33ClN4O/c1-19(2)16-26-30-21(4)24(18-22-9-7-8-20(3)17-22)27(31-26)32-12-14-33(15-13-32)28(34)23-10-5-6-11-25(23)29/h5-11,17,19H,12-16,18H2,1-4H3. The van der Waals surface area contributed by atoms with Crippen molar-refractivity contribution in [1.82, 2.24) is 14.9 Å². The number of nitrogens with zero attached hydrogens (tertiary/aromatic N) is 4. The number of aryl methyl sites for hydroxylation is 2. The van der Waals surface area contributed by atoms with Gasteiger partial charge < -0.3 is 9.80 Å². The molecule has 2 aromatic carbocycles. The monoisotopic (exact) mass is 476 g/mol. The van der Waals surface area contributed by atoms with Crippen molar-refractivity contribution in [3.8, 4) is 0 Å². The molecule has 1 amide bonds. The van der Waals surface area contributed by atoms with Gasteiger partial charge in [-0.3, -0.25) is 4.79 Å². The Morgan fingerprint density at radius 2 is 1.74 bits per heavy atom. The molecule has 4 rings (SSSR count). The van der Waals surface area contributed by atoms with Crippen LogP contribution in [0, 0.1) is 19.8 Å². The highest BCUT2D eigenvalue weighted by Crippen LogP contribution is 2.27. The molecule has 0 bridgehead atoms. The SMILES string of the molecule is Cc1cccc(Cc2c(C)nc(CC(C)C)nc2N2CCN(C(=O)c3ccccc3Cl)CC2)c1. The normalized spacial score (nSPS) is 14.1. The number of hydrogen-bond donors (Lipinski definition) is 0. The molecule has 6 heteroatoms. The van der Waals surface area contributed by atoms with Gasteiger partial charge in [-0.05, 0) is 37.5 Å². The van der Waals surface area contributed by atoms with E-state index in [1.807, 2.05) is 17.0 Å². The summed E-state index contributed by atoms with van der Waals surface area (Å²) in [5, 5.41) is 0.500. The highest BCUT2D eigenvalue weighted by molar-refractivity contribution is 6.33. The zero-order chi connectivity index (χ0) is 24.2. The molecule has 0 spiro atoms. The molecule has 0 unspecified atom stereocenters. The number of benzene rings is 2. The van der Waals surface area contributed by atoms with Gasteiger partial charge in [-0.15, -0.1) is 0 Å². The Labute approximate surface area is 207 Å². The number of amides is 1. The molecule has 5 nitrogen and oxygen atoms in total. The van der Waals surface area contributed by atoms with E-state index in [1.165, 1.54) is 16.7 Å². The first-order valence-corrected chi connectivity index (χ1v) is 12.4. The summed E-state index contributed by atoms with van der Waals surface area (Å²) in [5.41, 5.74) is 5.29. The third-order valence-electron chi connectivity index (χ3n) is 6.26. The predicted molar refractivity (Wildman–Crippen MR) is 139 cm³/mol. The van der Waals surface area contributed by atoms with Gasteiger partial charge >= 0.3 is 0 Å². The number of aromatic nitrogens is 2. The Balaban J connectivity index is 1.59. The lowest BCUT2D eigenvalue weighted by Gasteiger charge is -2.36. The fraction of sp³-hybridized carbons (Fsp3) is 0.393. The van der Waals surface area contributed by atoms with Crippen LogP contribution in [0.4, 0.5) is 5.82 Å². The van der Waals surface area contributed by atoms with Gasteiger partial charge in [0, 0.05) is 50.3 Å². The predicted octanol–water partition coefficient (Wildman–Crippen LogP) is 5.50. The van der Waals surface area contributed by atoms with Gasteiger partial charge in [-0.1, -0.05) is 67.4 Å². The largest absolute Gasteiger partial charge is 0.353 e. The first-order chi connectivity index (χ1) is 16.3. The van der Waals surface area contributed by atoms with E-state index in [2.05, 4.69) is 56.9 Å².